The number of fused-ring (bicyclic) bond motifs is 2. The van der Waals surface area contributed by atoms with Crippen molar-refractivity contribution < 1.29 is 13.2 Å². The molecule has 0 bridgehead atoms. The summed E-state index contributed by atoms with van der Waals surface area (Å²) in [5, 5.41) is 0.649. The number of rotatable bonds is 3. The fourth-order valence-corrected chi connectivity index (χ4v) is 5.35. The van der Waals surface area contributed by atoms with Gasteiger partial charge in [0, 0.05) is 17.5 Å². The van der Waals surface area contributed by atoms with Gasteiger partial charge >= 0.3 is 5.69 Å². The van der Waals surface area contributed by atoms with Crippen LogP contribution in [0.1, 0.15) is 24.1 Å². The number of pyridine rings is 1. The van der Waals surface area contributed by atoms with E-state index >= 15 is 0 Å². The quantitative estimate of drug-likeness (QED) is 0.521. The number of benzene rings is 2. The molecule has 7 nitrogen and oxygen atoms in total. The summed E-state index contributed by atoms with van der Waals surface area (Å²) >= 11 is 0. The zero-order valence-corrected chi connectivity index (χ0v) is 16.2. The van der Waals surface area contributed by atoms with Crippen LogP contribution in [-0.4, -0.2) is 27.8 Å². The Kier molecular flexibility index (Phi) is 3.92. The van der Waals surface area contributed by atoms with Gasteiger partial charge in [0.1, 0.15) is 4.90 Å². The molecule has 1 saturated carbocycles. The molecule has 8 heteroatoms. The first kappa shape index (κ1) is 17.8. The van der Waals surface area contributed by atoms with E-state index < -0.39 is 15.7 Å². The highest BCUT2D eigenvalue weighted by molar-refractivity contribution is 7.90. The minimum Gasteiger partial charge on any atom is -0.274 e. The van der Waals surface area contributed by atoms with Crippen molar-refractivity contribution in [2.24, 2.45) is 5.92 Å². The van der Waals surface area contributed by atoms with Crippen molar-refractivity contribution in [2.75, 3.05) is 0 Å². The number of hydrogen-bond acceptors (Lipinski definition) is 5. The van der Waals surface area contributed by atoms with E-state index in [1.54, 1.807) is 42.5 Å². The Balaban J connectivity index is 1.82. The van der Waals surface area contributed by atoms with Crippen LogP contribution in [0, 0.1) is 5.92 Å². The topological polar surface area (TPSA) is 91.0 Å². The summed E-state index contributed by atoms with van der Waals surface area (Å²) in [6.45, 7) is 0. The second-order valence-electron chi connectivity index (χ2n) is 7.17. The lowest BCUT2D eigenvalue weighted by molar-refractivity contribution is 0.0765. The third-order valence-corrected chi connectivity index (χ3v) is 7.21. The Labute approximate surface area is 166 Å². The van der Waals surface area contributed by atoms with Gasteiger partial charge in [0.2, 0.25) is 5.91 Å². The number of carbonyl (C=O) groups excluding carboxylic acids is 1. The van der Waals surface area contributed by atoms with Gasteiger partial charge in [0.05, 0.1) is 16.6 Å². The molecule has 5 rings (SSSR count). The number of carbonyl (C=O) groups is 1. The van der Waals surface area contributed by atoms with E-state index in [4.69, 9.17) is 0 Å². The van der Waals surface area contributed by atoms with Crippen molar-refractivity contribution in [1.29, 1.82) is 0 Å². The van der Waals surface area contributed by atoms with Crippen LogP contribution in [-0.2, 0) is 10.0 Å². The molecule has 0 radical (unpaired) electrons. The number of para-hydroxylation sites is 3. The Bertz CT molecular complexity index is 1440. The molecule has 0 spiro atoms. The van der Waals surface area contributed by atoms with Crippen molar-refractivity contribution in [2.45, 2.75) is 24.2 Å². The molecule has 0 aliphatic heterocycles. The van der Waals surface area contributed by atoms with Gasteiger partial charge in [-0.1, -0.05) is 36.8 Å². The van der Waals surface area contributed by atoms with Crippen molar-refractivity contribution in [1.82, 2.24) is 13.5 Å². The van der Waals surface area contributed by atoms with Crippen molar-refractivity contribution in [3.8, 4) is 0 Å². The fourth-order valence-electron chi connectivity index (χ4n) is 3.79. The Hall–Kier alpha value is -3.26. The summed E-state index contributed by atoms with van der Waals surface area (Å²) in [4.78, 5) is 30.3. The Morgan fingerprint density at radius 2 is 1.69 bits per heavy atom. The molecule has 0 amide bonds. The van der Waals surface area contributed by atoms with Gasteiger partial charge < -0.3 is 0 Å². The lowest BCUT2D eigenvalue weighted by Crippen LogP contribution is -2.37. The highest BCUT2D eigenvalue weighted by atomic mass is 32.2. The molecule has 4 aromatic rings. The Morgan fingerprint density at radius 1 is 0.966 bits per heavy atom. The van der Waals surface area contributed by atoms with Crippen molar-refractivity contribution in [3.05, 3.63) is 71.3 Å². The fraction of sp³-hybridized carbons (Fsp3) is 0.190. The van der Waals surface area contributed by atoms with Gasteiger partial charge in [-0.05, 0) is 37.1 Å². The second-order valence-corrected chi connectivity index (χ2v) is 8.93. The zero-order valence-electron chi connectivity index (χ0n) is 15.4. The highest BCUT2D eigenvalue weighted by Gasteiger charge is 2.33. The van der Waals surface area contributed by atoms with Gasteiger partial charge in [-0.3, -0.25) is 9.78 Å². The van der Waals surface area contributed by atoms with Crippen molar-refractivity contribution in [3.63, 3.8) is 0 Å². The van der Waals surface area contributed by atoms with Gasteiger partial charge in [0.15, 0.2) is 0 Å². The lowest BCUT2D eigenvalue weighted by Gasteiger charge is -2.23. The average molecular weight is 407 g/mol. The van der Waals surface area contributed by atoms with Gasteiger partial charge in [-0.15, -0.1) is 0 Å². The predicted molar refractivity (Wildman–Crippen MR) is 108 cm³/mol. The van der Waals surface area contributed by atoms with E-state index in [1.807, 2.05) is 0 Å². The lowest BCUT2D eigenvalue weighted by atomic mass is 9.85. The standard InChI is InChI=1S/C21H17N3O4S/c25-20(15-7-3-8-15)23-16-10-1-2-11-17(16)24(21(23)26)29(27,28)18-12-4-6-14-9-5-13-22-19(14)18/h1-2,4-6,9-13,15H,3,7-8H2. The third kappa shape index (κ3) is 2.56. The van der Waals surface area contributed by atoms with Crippen LogP contribution < -0.4 is 5.69 Å². The first-order valence-corrected chi connectivity index (χ1v) is 10.8. The first-order valence-electron chi connectivity index (χ1n) is 9.36. The summed E-state index contributed by atoms with van der Waals surface area (Å²) in [6.07, 6.45) is 3.87. The molecule has 0 unspecified atom stereocenters. The zero-order chi connectivity index (χ0) is 20.2. The minimum absolute atomic E-state index is 0.0725. The van der Waals surface area contributed by atoms with E-state index in [2.05, 4.69) is 4.98 Å². The summed E-state index contributed by atoms with van der Waals surface area (Å²) in [5.41, 5.74) is -0.107. The molecule has 2 aromatic heterocycles. The van der Waals surface area contributed by atoms with Gasteiger partial charge in [-0.25, -0.2) is 17.8 Å². The predicted octanol–water partition coefficient (Wildman–Crippen LogP) is 3.03. The largest absolute Gasteiger partial charge is 0.350 e. The molecule has 0 atom stereocenters. The number of imidazole rings is 1. The summed E-state index contributed by atoms with van der Waals surface area (Å²) in [5.74, 6) is -0.587. The average Bonchev–Trinajstić information content (AvgIpc) is 2.98. The molecule has 1 fully saturated rings. The monoisotopic (exact) mass is 407 g/mol. The molecular formula is C21H17N3O4S. The van der Waals surface area contributed by atoms with Gasteiger partial charge in [0.25, 0.3) is 10.0 Å². The first-order chi connectivity index (χ1) is 14.0. The molecule has 0 N–H and O–H groups in total. The molecule has 29 heavy (non-hydrogen) atoms. The van der Waals surface area contributed by atoms with Crippen LogP contribution >= 0.6 is 0 Å². The maximum atomic E-state index is 13.6. The van der Waals surface area contributed by atoms with Crippen LogP contribution in [0.15, 0.2) is 70.5 Å². The van der Waals surface area contributed by atoms with Crippen molar-refractivity contribution >= 4 is 37.9 Å². The van der Waals surface area contributed by atoms with E-state index in [9.17, 15) is 18.0 Å². The van der Waals surface area contributed by atoms with E-state index in [0.29, 0.717) is 23.7 Å². The van der Waals surface area contributed by atoms with E-state index in [-0.39, 0.29) is 27.8 Å². The van der Waals surface area contributed by atoms with Crippen LogP contribution in [0.5, 0.6) is 0 Å². The number of nitrogens with zero attached hydrogens (tertiary/aromatic N) is 3. The van der Waals surface area contributed by atoms with Crippen LogP contribution in [0.25, 0.3) is 21.9 Å². The maximum Gasteiger partial charge on any atom is 0.350 e. The van der Waals surface area contributed by atoms with Crippen LogP contribution in [0.2, 0.25) is 0 Å². The molecule has 2 heterocycles. The molecule has 1 aliphatic rings. The van der Waals surface area contributed by atoms with Crippen LogP contribution in [0.3, 0.4) is 0 Å². The Morgan fingerprint density at radius 3 is 2.41 bits per heavy atom. The third-order valence-electron chi connectivity index (χ3n) is 5.50. The van der Waals surface area contributed by atoms with Gasteiger partial charge in [-0.2, -0.15) is 3.97 Å². The minimum atomic E-state index is -4.28. The van der Waals surface area contributed by atoms with E-state index in [1.165, 1.54) is 18.3 Å². The number of aromatic nitrogens is 3. The molecule has 2 aromatic carbocycles. The second kappa shape index (κ2) is 6.38. The molecule has 1 aliphatic carbocycles. The highest BCUT2D eigenvalue weighted by Crippen LogP contribution is 2.30. The SMILES string of the molecule is O=C(C1CCC1)n1c(=O)n(S(=O)(=O)c2cccc3cccnc23)c2ccccc21. The summed E-state index contributed by atoms with van der Waals surface area (Å²) in [6, 6.07) is 14.7. The molecule has 0 saturated heterocycles. The maximum absolute atomic E-state index is 13.6. The smallest absolute Gasteiger partial charge is 0.274 e. The summed E-state index contributed by atoms with van der Waals surface area (Å²) < 4.78 is 28.9. The number of hydrogen-bond donors (Lipinski definition) is 0. The summed E-state index contributed by atoms with van der Waals surface area (Å²) in [7, 11) is -4.28. The van der Waals surface area contributed by atoms with E-state index in [0.717, 1.165) is 15.0 Å². The molecular weight excluding hydrogens is 390 g/mol. The normalized spacial score (nSPS) is 14.9. The van der Waals surface area contributed by atoms with Crippen LogP contribution in [0.4, 0.5) is 0 Å². The molecule has 146 valence electrons.